The second-order valence-electron chi connectivity index (χ2n) is 2.77. The summed E-state index contributed by atoms with van der Waals surface area (Å²) in [6, 6.07) is 9.21. The summed E-state index contributed by atoms with van der Waals surface area (Å²) in [6.07, 6.45) is 1.52. The molecule has 0 atom stereocenters. The van der Waals surface area contributed by atoms with Crippen LogP contribution in [0.3, 0.4) is 0 Å². The van der Waals surface area contributed by atoms with Crippen LogP contribution in [0.1, 0.15) is 12.5 Å². The van der Waals surface area contributed by atoms with Crippen LogP contribution in [-0.2, 0) is 9.53 Å². The molecule has 0 unspecified atom stereocenters. The lowest BCUT2D eigenvalue weighted by Crippen LogP contribution is -2.04. The molecule has 0 aliphatic rings. The third kappa shape index (κ3) is 3.28. The standard InChI is InChI=1S/C12H11NO2/c1-3-15-12(14)11(13-2)9-10-7-5-4-6-8-10/h4-9H,3H2,1H3. The fourth-order valence-electron chi connectivity index (χ4n) is 1.05. The Balaban J connectivity index is 2.89. The van der Waals surface area contributed by atoms with Crippen LogP contribution in [-0.4, -0.2) is 12.6 Å². The van der Waals surface area contributed by atoms with Crippen molar-refractivity contribution in [3.05, 3.63) is 53.0 Å². The molecule has 1 aromatic rings. The van der Waals surface area contributed by atoms with Crippen molar-refractivity contribution < 1.29 is 9.53 Å². The van der Waals surface area contributed by atoms with Crippen molar-refractivity contribution in [1.82, 2.24) is 0 Å². The van der Waals surface area contributed by atoms with E-state index in [1.165, 1.54) is 6.08 Å². The van der Waals surface area contributed by atoms with Gasteiger partial charge in [0.05, 0.1) is 13.2 Å². The molecule has 0 N–H and O–H groups in total. The molecule has 0 radical (unpaired) electrons. The van der Waals surface area contributed by atoms with Gasteiger partial charge < -0.3 is 4.74 Å². The van der Waals surface area contributed by atoms with E-state index in [2.05, 4.69) is 4.85 Å². The van der Waals surface area contributed by atoms with Crippen LogP contribution < -0.4 is 0 Å². The molecular weight excluding hydrogens is 190 g/mol. The van der Waals surface area contributed by atoms with Crippen molar-refractivity contribution in [2.75, 3.05) is 6.61 Å². The Labute approximate surface area is 88.8 Å². The van der Waals surface area contributed by atoms with E-state index in [0.29, 0.717) is 0 Å². The Bertz CT molecular complexity index is 401. The predicted octanol–water partition coefficient (Wildman–Crippen LogP) is 2.51. The van der Waals surface area contributed by atoms with Crippen molar-refractivity contribution in [3.8, 4) is 0 Å². The highest BCUT2D eigenvalue weighted by molar-refractivity contribution is 5.95. The maximum absolute atomic E-state index is 11.3. The molecular formula is C12H11NO2. The summed E-state index contributed by atoms with van der Waals surface area (Å²) in [7, 11) is 0. The van der Waals surface area contributed by atoms with Crippen LogP contribution in [0.25, 0.3) is 10.9 Å². The normalized spacial score (nSPS) is 10.5. The van der Waals surface area contributed by atoms with Crippen LogP contribution in [0, 0.1) is 6.57 Å². The number of hydrogen-bond acceptors (Lipinski definition) is 2. The zero-order chi connectivity index (χ0) is 11.1. The molecule has 1 aromatic carbocycles. The van der Waals surface area contributed by atoms with E-state index in [4.69, 9.17) is 11.3 Å². The Morgan fingerprint density at radius 2 is 2.13 bits per heavy atom. The van der Waals surface area contributed by atoms with Crippen LogP contribution in [0.2, 0.25) is 0 Å². The zero-order valence-corrected chi connectivity index (χ0v) is 8.43. The molecule has 0 aliphatic heterocycles. The number of benzene rings is 1. The molecule has 0 spiro atoms. The average molecular weight is 201 g/mol. The van der Waals surface area contributed by atoms with Gasteiger partial charge >= 0.3 is 5.97 Å². The number of rotatable bonds is 3. The minimum absolute atomic E-state index is 0.00282. The molecule has 0 fully saturated rings. The number of carbonyl (C=O) groups is 1. The Hall–Kier alpha value is -2.08. The van der Waals surface area contributed by atoms with E-state index in [1.807, 2.05) is 30.3 Å². The summed E-state index contributed by atoms with van der Waals surface area (Å²) in [5.74, 6) is -0.573. The second kappa shape index (κ2) is 5.61. The van der Waals surface area contributed by atoms with Gasteiger partial charge in [-0.3, -0.25) is 4.79 Å². The Morgan fingerprint density at radius 1 is 1.47 bits per heavy atom. The van der Waals surface area contributed by atoms with Gasteiger partial charge in [0, 0.05) is 0 Å². The molecule has 0 amide bonds. The first kappa shape index (κ1) is 11.0. The monoisotopic (exact) mass is 201 g/mol. The molecule has 3 nitrogen and oxygen atoms in total. The molecule has 15 heavy (non-hydrogen) atoms. The van der Waals surface area contributed by atoms with Crippen LogP contribution in [0.15, 0.2) is 36.0 Å². The van der Waals surface area contributed by atoms with E-state index in [9.17, 15) is 4.79 Å². The zero-order valence-electron chi connectivity index (χ0n) is 8.43. The number of esters is 1. The van der Waals surface area contributed by atoms with Crippen molar-refractivity contribution in [2.24, 2.45) is 0 Å². The Kier molecular flexibility index (Phi) is 4.11. The lowest BCUT2D eigenvalue weighted by Gasteiger charge is -1.99. The fraction of sp³-hybridized carbons (Fsp3) is 0.167. The molecule has 0 aromatic heterocycles. The molecule has 0 bridgehead atoms. The molecule has 0 heterocycles. The highest BCUT2D eigenvalue weighted by Crippen LogP contribution is 2.09. The van der Waals surface area contributed by atoms with E-state index >= 15 is 0 Å². The number of carbonyl (C=O) groups excluding carboxylic acids is 1. The maximum Gasteiger partial charge on any atom is 0.336 e. The summed E-state index contributed by atoms with van der Waals surface area (Å²) >= 11 is 0. The molecule has 1 rings (SSSR count). The third-order valence-corrected chi connectivity index (χ3v) is 1.71. The highest BCUT2D eigenvalue weighted by Gasteiger charge is 2.09. The van der Waals surface area contributed by atoms with E-state index in [1.54, 1.807) is 6.92 Å². The first-order chi connectivity index (χ1) is 7.27. The van der Waals surface area contributed by atoms with Gasteiger partial charge in [0.1, 0.15) is 0 Å². The topological polar surface area (TPSA) is 30.7 Å². The average Bonchev–Trinajstić information content (AvgIpc) is 2.27. The van der Waals surface area contributed by atoms with E-state index < -0.39 is 5.97 Å². The molecule has 0 aliphatic carbocycles. The maximum atomic E-state index is 11.3. The van der Waals surface area contributed by atoms with Crippen molar-refractivity contribution >= 4 is 12.0 Å². The number of ether oxygens (including phenoxy) is 1. The minimum atomic E-state index is -0.573. The quantitative estimate of drug-likeness (QED) is 0.427. The van der Waals surface area contributed by atoms with E-state index in [0.717, 1.165) is 5.56 Å². The summed E-state index contributed by atoms with van der Waals surface area (Å²) in [5, 5.41) is 0. The smallest absolute Gasteiger partial charge is 0.336 e. The first-order valence-electron chi connectivity index (χ1n) is 4.59. The van der Waals surface area contributed by atoms with Crippen molar-refractivity contribution in [1.29, 1.82) is 0 Å². The highest BCUT2D eigenvalue weighted by atomic mass is 16.5. The summed E-state index contributed by atoms with van der Waals surface area (Å²) in [4.78, 5) is 14.4. The van der Waals surface area contributed by atoms with Gasteiger partial charge in [-0.2, -0.15) is 0 Å². The summed E-state index contributed by atoms with van der Waals surface area (Å²) in [5.41, 5.74) is 0.819. The second-order valence-corrected chi connectivity index (χ2v) is 2.77. The van der Waals surface area contributed by atoms with Gasteiger partial charge in [0.25, 0.3) is 5.70 Å². The lowest BCUT2D eigenvalue weighted by atomic mass is 10.2. The largest absolute Gasteiger partial charge is 0.471 e. The summed E-state index contributed by atoms with van der Waals surface area (Å²) in [6.45, 7) is 8.86. The van der Waals surface area contributed by atoms with Crippen LogP contribution in [0.5, 0.6) is 0 Å². The molecule has 3 heteroatoms. The molecule has 0 saturated heterocycles. The van der Waals surface area contributed by atoms with Gasteiger partial charge in [-0.1, -0.05) is 30.3 Å². The van der Waals surface area contributed by atoms with Gasteiger partial charge in [0.15, 0.2) is 0 Å². The number of hydrogen-bond donors (Lipinski definition) is 0. The minimum Gasteiger partial charge on any atom is -0.471 e. The lowest BCUT2D eigenvalue weighted by molar-refractivity contribution is -0.138. The number of nitrogens with zero attached hydrogens (tertiary/aromatic N) is 1. The van der Waals surface area contributed by atoms with Crippen molar-refractivity contribution in [2.45, 2.75) is 6.92 Å². The first-order valence-corrected chi connectivity index (χ1v) is 4.59. The third-order valence-electron chi connectivity index (χ3n) is 1.71. The molecule has 76 valence electrons. The van der Waals surface area contributed by atoms with Crippen LogP contribution in [0.4, 0.5) is 0 Å². The van der Waals surface area contributed by atoms with Gasteiger partial charge in [-0.05, 0) is 18.6 Å². The Morgan fingerprint density at radius 3 is 2.67 bits per heavy atom. The van der Waals surface area contributed by atoms with Crippen molar-refractivity contribution in [3.63, 3.8) is 0 Å². The molecule has 0 saturated carbocycles. The van der Waals surface area contributed by atoms with Crippen LogP contribution >= 0.6 is 0 Å². The van der Waals surface area contributed by atoms with E-state index in [-0.39, 0.29) is 12.3 Å². The van der Waals surface area contributed by atoms with Gasteiger partial charge in [0.2, 0.25) is 0 Å². The summed E-state index contributed by atoms with van der Waals surface area (Å²) < 4.78 is 4.75. The van der Waals surface area contributed by atoms with Gasteiger partial charge in [-0.15, -0.1) is 0 Å². The van der Waals surface area contributed by atoms with Gasteiger partial charge in [-0.25, -0.2) is 4.85 Å². The predicted molar refractivity (Wildman–Crippen MR) is 57.7 cm³/mol. The fourth-order valence-corrected chi connectivity index (χ4v) is 1.05. The SMILES string of the molecule is [C-]#[N+]C(=Cc1ccccc1)C(=O)OCC.